The van der Waals surface area contributed by atoms with E-state index in [2.05, 4.69) is 5.32 Å². The van der Waals surface area contributed by atoms with Gasteiger partial charge in [0.2, 0.25) is 6.79 Å². The Kier molecular flexibility index (Phi) is 2.73. The van der Waals surface area contributed by atoms with E-state index in [1.54, 1.807) is 12.1 Å². The molecule has 0 aromatic heterocycles. The molecule has 1 N–H and O–H groups in total. The largest absolute Gasteiger partial charge is 0.454 e. The zero-order chi connectivity index (χ0) is 11.7. The molecule has 0 bridgehead atoms. The first-order chi connectivity index (χ1) is 8.33. The van der Waals surface area contributed by atoms with E-state index in [9.17, 15) is 4.79 Å². The quantitative estimate of drug-likeness (QED) is 0.808. The van der Waals surface area contributed by atoms with Crippen molar-refractivity contribution in [3.63, 3.8) is 0 Å². The second-order valence-corrected chi connectivity index (χ2v) is 4.49. The third kappa shape index (κ3) is 2.13. The Bertz CT molecular complexity index is 438. The van der Waals surface area contributed by atoms with Crippen LogP contribution >= 0.6 is 0 Å². The van der Waals surface area contributed by atoms with Crippen LogP contribution in [0.4, 0.5) is 0 Å². The lowest BCUT2D eigenvalue weighted by atomic mass is 10.0. The summed E-state index contributed by atoms with van der Waals surface area (Å²) in [5.41, 5.74) is 0.711. The van der Waals surface area contributed by atoms with Crippen LogP contribution in [0.2, 0.25) is 0 Å². The lowest BCUT2D eigenvalue weighted by Crippen LogP contribution is -2.24. The number of Topliss-reactive ketones (excluding diaryl/α,β-unsaturated/α-hetero) is 1. The van der Waals surface area contributed by atoms with Gasteiger partial charge in [-0.25, -0.2) is 0 Å². The zero-order valence-electron chi connectivity index (χ0n) is 9.57. The standard InChI is InChI=1S/C13H15NO3/c15-11(7-10-2-1-5-14-10)9-3-4-12-13(6-9)17-8-16-12/h3-4,6,10,14H,1-2,5,7-8H2. The van der Waals surface area contributed by atoms with Crippen LogP contribution in [-0.4, -0.2) is 25.2 Å². The molecule has 2 aliphatic heterocycles. The minimum absolute atomic E-state index is 0.169. The van der Waals surface area contributed by atoms with E-state index in [1.165, 1.54) is 6.42 Å². The molecule has 0 radical (unpaired) electrons. The van der Waals surface area contributed by atoms with E-state index in [4.69, 9.17) is 9.47 Å². The van der Waals surface area contributed by atoms with Gasteiger partial charge in [0.25, 0.3) is 0 Å². The number of ketones is 1. The lowest BCUT2D eigenvalue weighted by Gasteiger charge is -2.09. The highest BCUT2D eigenvalue weighted by Crippen LogP contribution is 2.32. The van der Waals surface area contributed by atoms with Gasteiger partial charge in [0.1, 0.15) is 0 Å². The fourth-order valence-corrected chi connectivity index (χ4v) is 2.34. The molecule has 1 saturated heterocycles. The summed E-state index contributed by atoms with van der Waals surface area (Å²) in [5.74, 6) is 1.57. The number of hydrogen-bond acceptors (Lipinski definition) is 4. The molecule has 1 aromatic rings. The minimum atomic E-state index is 0.169. The smallest absolute Gasteiger partial charge is 0.231 e. The number of hydrogen-bond donors (Lipinski definition) is 1. The molecule has 0 aliphatic carbocycles. The Morgan fingerprint density at radius 2 is 2.24 bits per heavy atom. The first kappa shape index (κ1) is 10.6. The summed E-state index contributed by atoms with van der Waals surface area (Å²) in [6, 6.07) is 5.73. The van der Waals surface area contributed by atoms with E-state index in [-0.39, 0.29) is 12.6 Å². The van der Waals surface area contributed by atoms with E-state index >= 15 is 0 Å². The molecule has 4 heteroatoms. The van der Waals surface area contributed by atoms with Gasteiger partial charge in [-0.2, -0.15) is 0 Å². The van der Waals surface area contributed by atoms with Gasteiger partial charge in [-0.05, 0) is 37.6 Å². The summed E-state index contributed by atoms with van der Waals surface area (Å²) < 4.78 is 10.5. The second kappa shape index (κ2) is 4.37. The van der Waals surface area contributed by atoms with Crippen molar-refractivity contribution in [2.45, 2.75) is 25.3 Å². The molecular weight excluding hydrogens is 218 g/mol. The second-order valence-electron chi connectivity index (χ2n) is 4.49. The molecule has 1 fully saturated rings. The monoisotopic (exact) mass is 233 g/mol. The van der Waals surface area contributed by atoms with Crippen LogP contribution in [0.15, 0.2) is 18.2 Å². The van der Waals surface area contributed by atoms with Crippen LogP contribution in [0.3, 0.4) is 0 Å². The third-order valence-corrected chi connectivity index (χ3v) is 3.29. The maximum Gasteiger partial charge on any atom is 0.231 e. The third-order valence-electron chi connectivity index (χ3n) is 3.29. The van der Waals surface area contributed by atoms with Gasteiger partial charge in [0.15, 0.2) is 17.3 Å². The normalized spacial score (nSPS) is 21.8. The predicted octanol–water partition coefficient (Wildman–Crippen LogP) is 1.74. The topological polar surface area (TPSA) is 47.6 Å². The molecule has 1 atom stereocenters. The SMILES string of the molecule is O=C(CC1CCCN1)c1ccc2c(c1)OCO2. The number of benzene rings is 1. The Hall–Kier alpha value is -1.55. The lowest BCUT2D eigenvalue weighted by molar-refractivity contribution is 0.0971. The Morgan fingerprint density at radius 1 is 1.35 bits per heavy atom. The van der Waals surface area contributed by atoms with Crippen LogP contribution in [0.5, 0.6) is 11.5 Å². The molecule has 1 unspecified atom stereocenters. The van der Waals surface area contributed by atoms with E-state index in [1.807, 2.05) is 6.07 Å². The Balaban J connectivity index is 1.72. The zero-order valence-corrected chi connectivity index (χ0v) is 9.57. The average Bonchev–Trinajstić information content (AvgIpc) is 2.97. The van der Waals surface area contributed by atoms with Crippen molar-refractivity contribution in [1.82, 2.24) is 5.32 Å². The van der Waals surface area contributed by atoms with Crippen molar-refractivity contribution in [3.05, 3.63) is 23.8 Å². The highest BCUT2D eigenvalue weighted by atomic mass is 16.7. The van der Waals surface area contributed by atoms with Crippen molar-refractivity contribution in [1.29, 1.82) is 0 Å². The molecule has 90 valence electrons. The molecule has 0 spiro atoms. The van der Waals surface area contributed by atoms with Crippen LogP contribution in [-0.2, 0) is 0 Å². The van der Waals surface area contributed by atoms with E-state index in [0.29, 0.717) is 23.8 Å². The van der Waals surface area contributed by atoms with Crippen molar-refractivity contribution in [2.75, 3.05) is 13.3 Å². The van der Waals surface area contributed by atoms with Gasteiger partial charge in [-0.15, -0.1) is 0 Å². The van der Waals surface area contributed by atoms with Crippen molar-refractivity contribution in [3.8, 4) is 11.5 Å². The average molecular weight is 233 g/mol. The molecule has 17 heavy (non-hydrogen) atoms. The van der Waals surface area contributed by atoms with E-state index < -0.39 is 0 Å². The highest BCUT2D eigenvalue weighted by molar-refractivity contribution is 5.97. The number of nitrogens with one attached hydrogen (secondary N) is 1. The molecule has 3 rings (SSSR count). The van der Waals surface area contributed by atoms with Crippen molar-refractivity contribution >= 4 is 5.78 Å². The minimum Gasteiger partial charge on any atom is -0.454 e. The molecule has 2 heterocycles. The van der Waals surface area contributed by atoms with Gasteiger partial charge in [-0.1, -0.05) is 0 Å². The fourth-order valence-electron chi connectivity index (χ4n) is 2.34. The van der Waals surface area contributed by atoms with Gasteiger partial charge in [0, 0.05) is 18.0 Å². The molecule has 0 saturated carbocycles. The summed E-state index contributed by atoms with van der Waals surface area (Å²) in [5, 5.41) is 3.33. The maximum atomic E-state index is 12.1. The Morgan fingerprint density at radius 3 is 3.06 bits per heavy atom. The summed E-state index contributed by atoms with van der Waals surface area (Å²) in [6.45, 7) is 1.27. The predicted molar refractivity (Wildman–Crippen MR) is 62.5 cm³/mol. The van der Waals surface area contributed by atoms with Gasteiger partial charge in [-0.3, -0.25) is 4.79 Å². The van der Waals surface area contributed by atoms with Crippen LogP contribution < -0.4 is 14.8 Å². The van der Waals surface area contributed by atoms with Crippen LogP contribution in [0.25, 0.3) is 0 Å². The van der Waals surface area contributed by atoms with Crippen LogP contribution in [0, 0.1) is 0 Å². The van der Waals surface area contributed by atoms with Gasteiger partial charge < -0.3 is 14.8 Å². The summed E-state index contributed by atoms with van der Waals surface area (Å²) in [6.07, 6.45) is 2.83. The number of rotatable bonds is 3. The van der Waals surface area contributed by atoms with Crippen molar-refractivity contribution < 1.29 is 14.3 Å². The molecule has 4 nitrogen and oxygen atoms in total. The van der Waals surface area contributed by atoms with Gasteiger partial charge in [0.05, 0.1) is 0 Å². The number of carbonyl (C=O) groups is 1. The first-order valence-electron chi connectivity index (χ1n) is 5.99. The maximum absolute atomic E-state index is 12.1. The fraction of sp³-hybridized carbons (Fsp3) is 0.462. The number of carbonyl (C=O) groups excluding carboxylic acids is 1. The summed E-state index contributed by atoms with van der Waals surface area (Å²) in [4.78, 5) is 12.1. The van der Waals surface area contributed by atoms with Crippen LogP contribution in [0.1, 0.15) is 29.6 Å². The van der Waals surface area contributed by atoms with Gasteiger partial charge >= 0.3 is 0 Å². The molecule has 1 aromatic carbocycles. The molecule has 0 amide bonds. The molecular formula is C13H15NO3. The number of ether oxygens (including phenoxy) is 2. The number of fused-ring (bicyclic) bond motifs is 1. The summed E-state index contributed by atoms with van der Waals surface area (Å²) >= 11 is 0. The summed E-state index contributed by atoms with van der Waals surface area (Å²) in [7, 11) is 0. The highest BCUT2D eigenvalue weighted by Gasteiger charge is 2.20. The van der Waals surface area contributed by atoms with Crippen molar-refractivity contribution in [2.24, 2.45) is 0 Å². The first-order valence-corrected chi connectivity index (χ1v) is 5.99. The van der Waals surface area contributed by atoms with E-state index in [0.717, 1.165) is 18.7 Å². The Labute approximate surface area is 99.9 Å². The molecule has 2 aliphatic rings.